The summed E-state index contributed by atoms with van der Waals surface area (Å²) in [6, 6.07) is 4.91. The second-order valence-electron chi connectivity index (χ2n) is 4.43. The molecule has 2 aromatic rings. The third-order valence-corrected chi connectivity index (χ3v) is 3.15. The molecule has 0 saturated carbocycles. The van der Waals surface area contributed by atoms with Crippen LogP contribution in [0, 0.1) is 24.0 Å². The largest absolute Gasteiger partial charge is 0.455 e. The number of nitrogens with zero attached hydrogens (tertiary/aromatic N) is 2. The van der Waals surface area contributed by atoms with Gasteiger partial charge >= 0.3 is 0 Å². The summed E-state index contributed by atoms with van der Waals surface area (Å²) >= 11 is 5.74. The molecule has 0 radical (unpaired) electrons. The summed E-state index contributed by atoms with van der Waals surface area (Å²) in [5.41, 5.74) is 2.28. The maximum Gasteiger partial charge on any atom is 0.276 e. The van der Waals surface area contributed by atoms with Crippen LogP contribution >= 0.6 is 11.6 Å². The second-order valence-corrected chi connectivity index (χ2v) is 4.69. The van der Waals surface area contributed by atoms with E-state index in [-0.39, 0.29) is 5.69 Å². The van der Waals surface area contributed by atoms with Crippen LogP contribution in [0.2, 0.25) is 0 Å². The maximum atomic E-state index is 11.0. The van der Waals surface area contributed by atoms with Crippen molar-refractivity contribution in [2.75, 3.05) is 0 Å². The molecule has 0 amide bonds. The molecule has 0 aliphatic heterocycles. The van der Waals surface area contributed by atoms with Crippen LogP contribution in [0.5, 0.6) is 11.5 Å². The van der Waals surface area contributed by atoms with Gasteiger partial charge < -0.3 is 4.74 Å². The van der Waals surface area contributed by atoms with Crippen molar-refractivity contribution in [3.63, 3.8) is 0 Å². The molecule has 5 nitrogen and oxygen atoms in total. The average molecular weight is 293 g/mol. The highest BCUT2D eigenvalue weighted by Crippen LogP contribution is 2.31. The number of ether oxygens (including phenoxy) is 1. The fourth-order valence-electron chi connectivity index (χ4n) is 1.85. The van der Waals surface area contributed by atoms with Crippen LogP contribution in [-0.4, -0.2) is 9.91 Å². The minimum atomic E-state index is -0.422. The topological polar surface area (TPSA) is 65.3 Å². The fraction of sp³-hybridized carbons (Fsp3) is 0.214. The quantitative estimate of drug-likeness (QED) is 0.482. The Bertz CT molecular complexity index is 659. The van der Waals surface area contributed by atoms with E-state index in [1.165, 1.54) is 6.07 Å². The molecule has 0 spiro atoms. The first-order valence-electron chi connectivity index (χ1n) is 5.94. The van der Waals surface area contributed by atoms with Gasteiger partial charge in [-0.1, -0.05) is 0 Å². The molecule has 1 heterocycles. The smallest absolute Gasteiger partial charge is 0.276 e. The van der Waals surface area contributed by atoms with Crippen LogP contribution in [0.15, 0.2) is 30.6 Å². The van der Waals surface area contributed by atoms with E-state index >= 15 is 0 Å². The molecule has 0 N–H and O–H groups in total. The van der Waals surface area contributed by atoms with E-state index in [9.17, 15) is 10.1 Å². The monoisotopic (exact) mass is 292 g/mol. The van der Waals surface area contributed by atoms with Gasteiger partial charge in [0, 0.05) is 17.6 Å². The van der Waals surface area contributed by atoms with E-state index in [1.807, 2.05) is 6.92 Å². The number of aryl methyl sites for hydroxylation is 2. The highest BCUT2D eigenvalue weighted by atomic mass is 35.5. The molecule has 6 heteroatoms. The van der Waals surface area contributed by atoms with Gasteiger partial charge in [0.25, 0.3) is 5.69 Å². The van der Waals surface area contributed by atoms with E-state index in [0.29, 0.717) is 22.9 Å². The first kappa shape index (κ1) is 14.3. The van der Waals surface area contributed by atoms with Crippen molar-refractivity contribution in [1.29, 1.82) is 0 Å². The Morgan fingerprint density at radius 2 is 2.00 bits per heavy atom. The zero-order valence-electron chi connectivity index (χ0n) is 11.1. The Morgan fingerprint density at radius 1 is 1.25 bits per heavy atom. The van der Waals surface area contributed by atoms with Gasteiger partial charge in [-0.05, 0) is 37.1 Å². The average Bonchev–Trinajstić information content (AvgIpc) is 2.41. The number of benzene rings is 1. The van der Waals surface area contributed by atoms with E-state index in [0.717, 1.165) is 11.1 Å². The Labute approximate surface area is 121 Å². The number of pyridine rings is 1. The van der Waals surface area contributed by atoms with Crippen LogP contribution in [0.4, 0.5) is 5.69 Å². The standard InChI is InChI=1S/C14H13ClN2O3/c1-9-3-10(2)14(5-13(9)17(18)19)20-12-4-11(6-15)7-16-8-12/h3-5,7-8H,6H2,1-2H3. The second kappa shape index (κ2) is 5.88. The lowest BCUT2D eigenvalue weighted by Crippen LogP contribution is -1.96. The van der Waals surface area contributed by atoms with Crippen molar-refractivity contribution < 1.29 is 9.66 Å². The van der Waals surface area contributed by atoms with Crippen molar-refractivity contribution in [2.45, 2.75) is 19.7 Å². The van der Waals surface area contributed by atoms with Crippen molar-refractivity contribution in [3.05, 3.63) is 57.4 Å². The van der Waals surface area contributed by atoms with E-state index in [4.69, 9.17) is 16.3 Å². The van der Waals surface area contributed by atoms with Gasteiger partial charge in [0.2, 0.25) is 0 Å². The van der Waals surface area contributed by atoms with Gasteiger partial charge in [-0.25, -0.2) is 0 Å². The lowest BCUT2D eigenvalue weighted by molar-refractivity contribution is -0.385. The highest BCUT2D eigenvalue weighted by Gasteiger charge is 2.15. The lowest BCUT2D eigenvalue weighted by Gasteiger charge is -2.10. The Balaban J connectivity index is 2.37. The summed E-state index contributed by atoms with van der Waals surface area (Å²) in [6.07, 6.45) is 3.19. The molecule has 104 valence electrons. The van der Waals surface area contributed by atoms with E-state index in [1.54, 1.807) is 31.5 Å². The molecule has 0 unspecified atom stereocenters. The third-order valence-electron chi connectivity index (χ3n) is 2.84. The first-order chi connectivity index (χ1) is 9.51. The molecule has 2 rings (SSSR count). The fourth-order valence-corrected chi connectivity index (χ4v) is 1.99. The van der Waals surface area contributed by atoms with Gasteiger partial charge in [-0.3, -0.25) is 15.1 Å². The number of rotatable bonds is 4. The Kier molecular flexibility index (Phi) is 4.20. The number of nitro benzene ring substituents is 1. The van der Waals surface area contributed by atoms with Gasteiger partial charge in [0.1, 0.15) is 11.5 Å². The van der Waals surface area contributed by atoms with Crippen LogP contribution in [-0.2, 0) is 5.88 Å². The lowest BCUT2D eigenvalue weighted by atomic mass is 10.1. The summed E-state index contributed by atoms with van der Waals surface area (Å²) in [7, 11) is 0. The van der Waals surface area contributed by atoms with E-state index < -0.39 is 4.92 Å². The number of hydrogen-bond acceptors (Lipinski definition) is 4. The highest BCUT2D eigenvalue weighted by molar-refractivity contribution is 6.17. The molecule has 0 aliphatic carbocycles. The van der Waals surface area contributed by atoms with Gasteiger partial charge in [0.05, 0.1) is 17.2 Å². The zero-order chi connectivity index (χ0) is 14.7. The Morgan fingerprint density at radius 3 is 2.65 bits per heavy atom. The summed E-state index contributed by atoms with van der Waals surface area (Å²) < 4.78 is 5.67. The molecular weight excluding hydrogens is 280 g/mol. The van der Waals surface area contributed by atoms with Crippen LogP contribution in [0.3, 0.4) is 0 Å². The predicted molar refractivity (Wildman–Crippen MR) is 76.4 cm³/mol. The van der Waals surface area contributed by atoms with Crippen molar-refractivity contribution in [2.24, 2.45) is 0 Å². The summed E-state index contributed by atoms with van der Waals surface area (Å²) in [4.78, 5) is 14.5. The van der Waals surface area contributed by atoms with Crippen LogP contribution in [0.25, 0.3) is 0 Å². The molecule has 1 aromatic carbocycles. The minimum absolute atomic E-state index is 0.0343. The molecule has 20 heavy (non-hydrogen) atoms. The predicted octanol–water partition coefficient (Wildman–Crippen LogP) is 4.14. The summed E-state index contributed by atoms with van der Waals surface area (Å²) in [5.74, 6) is 1.28. The SMILES string of the molecule is Cc1cc(C)c([N+](=O)[O-])cc1Oc1cncc(CCl)c1. The normalized spacial score (nSPS) is 10.3. The molecule has 0 fully saturated rings. The minimum Gasteiger partial charge on any atom is -0.455 e. The maximum absolute atomic E-state index is 11.0. The molecule has 0 atom stereocenters. The van der Waals surface area contributed by atoms with Crippen LogP contribution in [0.1, 0.15) is 16.7 Å². The number of hydrogen-bond donors (Lipinski definition) is 0. The number of halogens is 1. The van der Waals surface area contributed by atoms with Gasteiger partial charge in [-0.2, -0.15) is 0 Å². The number of aromatic nitrogens is 1. The molecule has 0 aliphatic rings. The van der Waals surface area contributed by atoms with Crippen molar-refractivity contribution in [1.82, 2.24) is 4.98 Å². The van der Waals surface area contributed by atoms with Crippen molar-refractivity contribution in [3.8, 4) is 11.5 Å². The van der Waals surface area contributed by atoms with E-state index in [2.05, 4.69) is 4.98 Å². The number of nitro groups is 1. The Hall–Kier alpha value is -2.14. The van der Waals surface area contributed by atoms with Gasteiger partial charge in [-0.15, -0.1) is 11.6 Å². The molecule has 1 aromatic heterocycles. The van der Waals surface area contributed by atoms with Crippen LogP contribution < -0.4 is 4.74 Å². The first-order valence-corrected chi connectivity index (χ1v) is 6.48. The summed E-state index contributed by atoms with van der Waals surface area (Å²) in [6.45, 7) is 3.54. The molecule has 0 bridgehead atoms. The summed E-state index contributed by atoms with van der Waals surface area (Å²) in [5, 5.41) is 11.0. The van der Waals surface area contributed by atoms with Crippen molar-refractivity contribution >= 4 is 17.3 Å². The molecule has 0 saturated heterocycles. The number of alkyl halides is 1. The third kappa shape index (κ3) is 3.05. The van der Waals surface area contributed by atoms with Gasteiger partial charge in [0.15, 0.2) is 0 Å². The molecular formula is C14H13ClN2O3. The zero-order valence-corrected chi connectivity index (χ0v) is 11.8.